The lowest BCUT2D eigenvalue weighted by molar-refractivity contribution is 0.145. The van der Waals surface area contributed by atoms with Crippen molar-refractivity contribution in [2.75, 3.05) is 73.7 Å². The lowest BCUT2D eigenvalue weighted by atomic mass is 10.1. The number of nitrogens with zero attached hydrogens (tertiary/aromatic N) is 3. The summed E-state index contributed by atoms with van der Waals surface area (Å²) in [6, 6.07) is 6.28. The van der Waals surface area contributed by atoms with Crippen molar-refractivity contribution in [2.24, 2.45) is 4.99 Å². The van der Waals surface area contributed by atoms with E-state index in [0.29, 0.717) is 19.8 Å². The van der Waals surface area contributed by atoms with E-state index in [9.17, 15) is 0 Å². The third-order valence-corrected chi connectivity index (χ3v) is 5.19. The molecule has 0 bridgehead atoms. The van der Waals surface area contributed by atoms with Gasteiger partial charge in [0.2, 0.25) is 0 Å². The Labute approximate surface area is 176 Å². The third-order valence-electron chi connectivity index (χ3n) is 5.19. The second kappa shape index (κ2) is 13.4. The van der Waals surface area contributed by atoms with Crippen LogP contribution in [0.3, 0.4) is 0 Å². The second-order valence-corrected chi connectivity index (χ2v) is 7.66. The first-order valence-corrected chi connectivity index (χ1v) is 10.7. The molecule has 0 aromatic heterocycles. The van der Waals surface area contributed by atoms with E-state index in [2.05, 4.69) is 57.6 Å². The Balaban J connectivity index is 1.73. The molecular formula is C22H39N5O2. The summed E-state index contributed by atoms with van der Waals surface area (Å²) in [5, 5.41) is 6.83. The summed E-state index contributed by atoms with van der Waals surface area (Å²) in [6.07, 6.45) is 2.37. The van der Waals surface area contributed by atoms with Crippen LogP contribution in [-0.2, 0) is 11.3 Å². The van der Waals surface area contributed by atoms with Crippen LogP contribution in [-0.4, -0.2) is 89.4 Å². The number of hydrogen-bond donors (Lipinski definition) is 2. The zero-order valence-corrected chi connectivity index (χ0v) is 18.7. The van der Waals surface area contributed by atoms with Gasteiger partial charge in [-0.15, -0.1) is 0 Å². The first kappa shape index (κ1) is 23.4. The predicted molar refractivity (Wildman–Crippen MR) is 120 cm³/mol. The van der Waals surface area contributed by atoms with E-state index >= 15 is 0 Å². The molecule has 1 heterocycles. The molecule has 0 saturated carbocycles. The normalized spacial score (nSPS) is 16.5. The number of rotatable bonds is 10. The van der Waals surface area contributed by atoms with Crippen molar-refractivity contribution in [3.63, 3.8) is 0 Å². The Morgan fingerprint density at radius 1 is 1.14 bits per heavy atom. The highest BCUT2D eigenvalue weighted by atomic mass is 16.5. The lowest BCUT2D eigenvalue weighted by Gasteiger charge is -2.20. The molecule has 7 heteroatoms. The average molecular weight is 406 g/mol. The molecule has 1 saturated heterocycles. The molecule has 2 N–H and O–H groups in total. The SMILES string of the molecule is CN=C(NCCCN1CCCN(C)CC1)NCc1ccc(C)cc1OCCOC. The maximum Gasteiger partial charge on any atom is 0.191 e. The van der Waals surface area contributed by atoms with Gasteiger partial charge in [0.25, 0.3) is 0 Å². The fourth-order valence-electron chi connectivity index (χ4n) is 3.41. The molecule has 0 amide bonds. The number of hydrogen-bond acceptors (Lipinski definition) is 5. The molecule has 0 atom stereocenters. The Morgan fingerprint density at radius 2 is 2.00 bits per heavy atom. The van der Waals surface area contributed by atoms with Gasteiger partial charge in [0, 0.05) is 45.9 Å². The van der Waals surface area contributed by atoms with Crippen molar-refractivity contribution < 1.29 is 9.47 Å². The maximum atomic E-state index is 5.87. The van der Waals surface area contributed by atoms with Gasteiger partial charge in [-0.1, -0.05) is 12.1 Å². The molecule has 0 spiro atoms. The van der Waals surface area contributed by atoms with E-state index in [1.807, 2.05) is 7.05 Å². The average Bonchev–Trinajstić information content (AvgIpc) is 2.93. The Morgan fingerprint density at radius 3 is 2.79 bits per heavy atom. The van der Waals surface area contributed by atoms with Gasteiger partial charge in [0.15, 0.2) is 5.96 Å². The van der Waals surface area contributed by atoms with E-state index in [0.717, 1.165) is 36.8 Å². The zero-order valence-electron chi connectivity index (χ0n) is 18.7. The van der Waals surface area contributed by atoms with Gasteiger partial charge in [-0.2, -0.15) is 0 Å². The van der Waals surface area contributed by atoms with Crippen LogP contribution in [0.1, 0.15) is 24.0 Å². The van der Waals surface area contributed by atoms with Gasteiger partial charge in [-0.3, -0.25) is 4.99 Å². The standard InChI is InChI=1S/C22H39N5O2/c1-19-7-8-20(21(17-19)29-16-15-28-4)18-25-22(23-2)24-9-5-11-27-12-6-10-26(3)13-14-27/h7-8,17H,5-6,9-16,18H2,1-4H3,(H2,23,24,25). The largest absolute Gasteiger partial charge is 0.491 e. The number of aliphatic imine (C=N–C) groups is 1. The summed E-state index contributed by atoms with van der Waals surface area (Å²) in [4.78, 5) is 9.33. The van der Waals surface area contributed by atoms with E-state index in [1.54, 1.807) is 7.11 Å². The molecule has 29 heavy (non-hydrogen) atoms. The van der Waals surface area contributed by atoms with E-state index in [-0.39, 0.29) is 0 Å². The molecule has 1 fully saturated rings. The topological polar surface area (TPSA) is 61.4 Å². The van der Waals surface area contributed by atoms with Crippen molar-refractivity contribution >= 4 is 5.96 Å². The minimum absolute atomic E-state index is 0.548. The second-order valence-electron chi connectivity index (χ2n) is 7.66. The van der Waals surface area contributed by atoms with Crippen LogP contribution in [0.4, 0.5) is 0 Å². The quantitative estimate of drug-likeness (QED) is 0.351. The van der Waals surface area contributed by atoms with E-state index in [1.165, 1.54) is 38.2 Å². The van der Waals surface area contributed by atoms with Gasteiger partial charge in [0.1, 0.15) is 12.4 Å². The number of nitrogens with one attached hydrogen (secondary N) is 2. The summed E-state index contributed by atoms with van der Waals surface area (Å²) in [7, 11) is 5.71. The maximum absolute atomic E-state index is 5.87. The van der Waals surface area contributed by atoms with Crippen LogP contribution >= 0.6 is 0 Å². The third kappa shape index (κ3) is 9.02. The zero-order chi connectivity index (χ0) is 20.9. The Hall–Kier alpha value is -1.83. The Kier molecular flexibility index (Phi) is 10.8. The van der Waals surface area contributed by atoms with Crippen LogP contribution in [0.2, 0.25) is 0 Å². The number of benzene rings is 1. The first-order valence-electron chi connectivity index (χ1n) is 10.7. The number of methoxy groups -OCH3 is 1. The van der Waals surface area contributed by atoms with Crippen LogP contribution in [0.15, 0.2) is 23.2 Å². The van der Waals surface area contributed by atoms with E-state index < -0.39 is 0 Å². The van der Waals surface area contributed by atoms with Crippen molar-refractivity contribution in [2.45, 2.75) is 26.3 Å². The number of likely N-dealkylation sites (N-methyl/N-ethyl adjacent to an activating group) is 1. The summed E-state index contributed by atoms with van der Waals surface area (Å²) >= 11 is 0. The summed E-state index contributed by atoms with van der Waals surface area (Å²) in [5.74, 6) is 1.72. The molecule has 1 aromatic rings. The van der Waals surface area contributed by atoms with Crippen molar-refractivity contribution in [1.82, 2.24) is 20.4 Å². The van der Waals surface area contributed by atoms with Gasteiger partial charge < -0.3 is 29.9 Å². The molecular weight excluding hydrogens is 366 g/mol. The molecule has 7 nitrogen and oxygen atoms in total. The lowest BCUT2D eigenvalue weighted by Crippen LogP contribution is -2.38. The highest BCUT2D eigenvalue weighted by molar-refractivity contribution is 5.79. The summed E-state index contributed by atoms with van der Waals surface area (Å²) in [5.41, 5.74) is 2.30. The van der Waals surface area contributed by atoms with Gasteiger partial charge in [0.05, 0.1) is 6.61 Å². The molecule has 0 unspecified atom stereocenters. The molecule has 1 aliphatic rings. The van der Waals surface area contributed by atoms with Gasteiger partial charge in [-0.05, 0) is 58.1 Å². The minimum atomic E-state index is 0.548. The first-order chi connectivity index (χ1) is 14.1. The molecule has 2 rings (SSSR count). The van der Waals surface area contributed by atoms with Crippen molar-refractivity contribution in [1.29, 1.82) is 0 Å². The molecule has 164 valence electrons. The Bertz CT molecular complexity index is 623. The van der Waals surface area contributed by atoms with Crippen molar-refractivity contribution in [3.8, 4) is 5.75 Å². The predicted octanol–water partition coefficient (Wildman–Crippen LogP) is 1.71. The summed E-state index contributed by atoms with van der Waals surface area (Å²) in [6.45, 7) is 10.7. The smallest absolute Gasteiger partial charge is 0.191 e. The minimum Gasteiger partial charge on any atom is -0.491 e. The molecule has 0 radical (unpaired) electrons. The highest BCUT2D eigenvalue weighted by Gasteiger charge is 2.11. The van der Waals surface area contributed by atoms with Crippen LogP contribution < -0.4 is 15.4 Å². The summed E-state index contributed by atoms with van der Waals surface area (Å²) < 4.78 is 11.0. The van der Waals surface area contributed by atoms with Gasteiger partial charge in [-0.25, -0.2) is 0 Å². The molecule has 1 aliphatic heterocycles. The monoisotopic (exact) mass is 405 g/mol. The number of guanidine groups is 1. The highest BCUT2D eigenvalue weighted by Crippen LogP contribution is 2.20. The van der Waals surface area contributed by atoms with Crippen LogP contribution in [0, 0.1) is 6.92 Å². The van der Waals surface area contributed by atoms with Crippen LogP contribution in [0.5, 0.6) is 5.75 Å². The fraction of sp³-hybridized carbons (Fsp3) is 0.682. The molecule has 0 aliphatic carbocycles. The number of ether oxygens (including phenoxy) is 2. The number of aryl methyl sites for hydroxylation is 1. The molecule has 1 aromatic carbocycles. The van der Waals surface area contributed by atoms with Crippen LogP contribution in [0.25, 0.3) is 0 Å². The van der Waals surface area contributed by atoms with E-state index in [4.69, 9.17) is 9.47 Å². The van der Waals surface area contributed by atoms with Crippen molar-refractivity contribution in [3.05, 3.63) is 29.3 Å². The van der Waals surface area contributed by atoms with Gasteiger partial charge >= 0.3 is 0 Å². The fourth-order valence-corrected chi connectivity index (χ4v) is 3.41.